The van der Waals surface area contributed by atoms with Crippen LogP contribution >= 0.6 is 0 Å². The van der Waals surface area contributed by atoms with Crippen LogP contribution in [0, 0.1) is 11.8 Å². The molecule has 7 nitrogen and oxygen atoms in total. The first-order chi connectivity index (χ1) is 14.9. The molecule has 0 amide bonds. The Kier molecular flexibility index (Phi) is 8.46. The molecule has 7 heteroatoms. The van der Waals surface area contributed by atoms with Crippen LogP contribution in [0.1, 0.15) is 66.4 Å². The summed E-state index contributed by atoms with van der Waals surface area (Å²) in [6.07, 6.45) is -1.14. The molecule has 2 rings (SSSR count). The van der Waals surface area contributed by atoms with Crippen LogP contribution in [0.2, 0.25) is 0 Å². The highest BCUT2D eigenvalue weighted by molar-refractivity contribution is 6.02. The van der Waals surface area contributed by atoms with Crippen LogP contribution in [0.15, 0.2) is 24.3 Å². The lowest BCUT2D eigenvalue weighted by Gasteiger charge is -2.44. The Morgan fingerprint density at radius 1 is 1.03 bits per heavy atom. The van der Waals surface area contributed by atoms with Gasteiger partial charge in [-0.1, -0.05) is 12.1 Å². The first-order valence-electron chi connectivity index (χ1n) is 11.4. The average molecular weight is 448 g/mol. The molecule has 0 heterocycles. The number of anilines is 1. The molecule has 1 aromatic carbocycles. The van der Waals surface area contributed by atoms with Crippen molar-refractivity contribution in [1.29, 1.82) is 0 Å². The highest BCUT2D eigenvalue weighted by atomic mass is 16.5. The number of hydrogen-bond donors (Lipinski definition) is 1. The number of hydrogen-bond acceptors (Lipinski definition) is 7. The Balaban J connectivity index is 2.60. The number of nitrogens with zero attached hydrogens (tertiary/aromatic N) is 1. The molecule has 0 aromatic heterocycles. The minimum Gasteiger partial charge on any atom is -0.463 e. The second-order valence-electron chi connectivity index (χ2n) is 9.22. The molecule has 1 aromatic rings. The number of aliphatic hydroxyl groups is 1. The molecule has 178 valence electrons. The maximum atomic E-state index is 13.1. The number of rotatable bonds is 8. The zero-order valence-corrected chi connectivity index (χ0v) is 20.3. The van der Waals surface area contributed by atoms with E-state index in [1.165, 1.54) is 6.92 Å². The van der Waals surface area contributed by atoms with Gasteiger partial charge in [0, 0.05) is 31.1 Å². The molecule has 32 heavy (non-hydrogen) atoms. The molecule has 0 spiro atoms. The van der Waals surface area contributed by atoms with Gasteiger partial charge in [-0.3, -0.25) is 14.4 Å². The van der Waals surface area contributed by atoms with Crippen LogP contribution in [0.4, 0.5) is 5.69 Å². The molecule has 4 atom stereocenters. The molecule has 1 aliphatic rings. The smallest absolute Gasteiger partial charge is 0.317 e. The SMILES string of the molecule is CCN(CC)c1ccc([C@H]2[C@@H](C(=O)OC(C)C)C(=O)C[C@@](C)(O)[C@@H]2C(=O)OC(C)C)cc1. The van der Waals surface area contributed by atoms with Gasteiger partial charge in [0.1, 0.15) is 5.92 Å². The number of carbonyl (C=O) groups is 3. The summed E-state index contributed by atoms with van der Waals surface area (Å²) in [4.78, 5) is 41.3. The van der Waals surface area contributed by atoms with Gasteiger partial charge in [0.25, 0.3) is 0 Å². The molecule has 1 saturated carbocycles. The fourth-order valence-corrected chi connectivity index (χ4v) is 4.52. The zero-order chi connectivity index (χ0) is 24.2. The van der Waals surface area contributed by atoms with Crippen molar-refractivity contribution in [3.05, 3.63) is 29.8 Å². The van der Waals surface area contributed by atoms with Crippen molar-refractivity contribution in [3.8, 4) is 0 Å². The monoisotopic (exact) mass is 447 g/mol. The predicted octanol–water partition coefficient (Wildman–Crippen LogP) is 3.48. The van der Waals surface area contributed by atoms with E-state index in [0.717, 1.165) is 18.8 Å². The second-order valence-corrected chi connectivity index (χ2v) is 9.22. The van der Waals surface area contributed by atoms with Gasteiger partial charge in [0.2, 0.25) is 0 Å². The van der Waals surface area contributed by atoms with Crippen molar-refractivity contribution in [3.63, 3.8) is 0 Å². The van der Waals surface area contributed by atoms with Crippen molar-refractivity contribution in [2.75, 3.05) is 18.0 Å². The van der Waals surface area contributed by atoms with Crippen molar-refractivity contribution in [1.82, 2.24) is 0 Å². The standard InChI is InChI=1S/C25H37NO6/c1-8-26(9-2)18-12-10-17(11-13-18)20-21(23(28)31-15(3)4)19(27)14-25(7,30)22(20)24(29)32-16(5)6/h10-13,15-16,20-22,30H,8-9,14H2,1-7H3/t20-,21-,22-,25+/m0/s1. The number of ketones is 1. The number of ether oxygens (including phenoxy) is 2. The third kappa shape index (κ3) is 5.68. The first-order valence-corrected chi connectivity index (χ1v) is 11.4. The zero-order valence-electron chi connectivity index (χ0n) is 20.3. The Hall–Kier alpha value is -2.41. The van der Waals surface area contributed by atoms with Crippen molar-refractivity contribution in [2.45, 2.75) is 78.6 Å². The lowest BCUT2D eigenvalue weighted by Crippen LogP contribution is -2.55. The third-order valence-electron chi connectivity index (χ3n) is 5.89. The normalized spacial score (nSPS) is 25.7. The molecule has 1 fully saturated rings. The minimum atomic E-state index is -1.65. The van der Waals surface area contributed by atoms with Crippen molar-refractivity contribution in [2.24, 2.45) is 11.8 Å². The highest BCUT2D eigenvalue weighted by Crippen LogP contribution is 2.47. The van der Waals surface area contributed by atoms with E-state index in [-0.39, 0.29) is 6.42 Å². The number of Topliss-reactive ketones (excluding diaryl/α,β-unsaturated/α-hetero) is 1. The maximum absolute atomic E-state index is 13.1. The van der Waals surface area contributed by atoms with E-state index in [0.29, 0.717) is 5.56 Å². The molecule has 0 unspecified atom stereocenters. The van der Waals surface area contributed by atoms with E-state index in [4.69, 9.17) is 9.47 Å². The summed E-state index contributed by atoms with van der Waals surface area (Å²) < 4.78 is 10.8. The average Bonchev–Trinajstić information content (AvgIpc) is 2.66. The molecule has 0 aliphatic heterocycles. The van der Waals surface area contributed by atoms with Gasteiger partial charge in [-0.15, -0.1) is 0 Å². The Labute approximate surface area is 191 Å². The molecule has 0 saturated heterocycles. The van der Waals surface area contributed by atoms with E-state index < -0.39 is 53.3 Å². The fourth-order valence-electron chi connectivity index (χ4n) is 4.52. The van der Waals surface area contributed by atoms with Gasteiger partial charge < -0.3 is 19.5 Å². The van der Waals surface area contributed by atoms with Gasteiger partial charge >= 0.3 is 11.9 Å². The van der Waals surface area contributed by atoms with Crippen molar-refractivity contribution >= 4 is 23.4 Å². The minimum absolute atomic E-state index is 0.323. The van der Waals surface area contributed by atoms with Crippen LogP contribution in [0.25, 0.3) is 0 Å². The van der Waals surface area contributed by atoms with E-state index in [9.17, 15) is 19.5 Å². The summed E-state index contributed by atoms with van der Waals surface area (Å²) in [7, 11) is 0. The third-order valence-corrected chi connectivity index (χ3v) is 5.89. The van der Waals surface area contributed by atoms with Crippen molar-refractivity contribution < 1.29 is 29.0 Å². The van der Waals surface area contributed by atoms with Gasteiger partial charge in [0.15, 0.2) is 5.78 Å². The van der Waals surface area contributed by atoms with E-state index in [2.05, 4.69) is 18.7 Å². The van der Waals surface area contributed by atoms with Gasteiger partial charge in [-0.25, -0.2) is 0 Å². The summed E-state index contributed by atoms with van der Waals surface area (Å²) >= 11 is 0. The van der Waals surface area contributed by atoms with Crippen LogP contribution in [-0.2, 0) is 23.9 Å². The highest BCUT2D eigenvalue weighted by Gasteiger charge is 2.57. The first kappa shape index (κ1) is 25.8. The molecule has 1 N–H and O–H groups in total. The lowest BCUT2D eigenvalue weighted by atomic mass is 9.61. The Bertz CT molecular complexity index is 802. The van der Waals surface area contributed by atoms with E-state index in [1.54, 1.807) is 27.7 Å². The molecule has 0 radical (unpaired) electrons. The molecular formula is C25H37NO6. The van der Waals surface area contributed by atoms with Crippen LogP contribution in [0.5, 0.6) is 0 Å². The van der Waals surface area contributed by atoms with E-state index in [1.807, 2.05) is 24.3 Å². The molecular weight excluding hydrogens is 410 g/mol. The second kappa shape index (κ2) is 10.5. The summed E-state index contributed by atoms with van der Waals surface area (Å²) in [5.41, 5.74) is -0.0410. The fraction of sp³-hybridized carbons (Fsp3) is 0.640. The summed E-state index contributed by atoms with van der Waals surface area (Å²) in [6, 6.07) is 7.45. The van der Waals surface area contributed by atoms with Gasteiger partial charge in [-0.2, -0.15) is 0 Å². The number of carbonyl (C=O) groups excluding carboxylic acids is 3. The molecule has 1 aliphatic carbocycles. The lowest BCUT2D eigenvalue weighted by molar-refractivity contribution is -0.176. The Morgan fingerprint density at radius 2 is 1.53 bits per heavy atom. The van der Waals surface area contributed by atoms with E-state index >= 15 is 0 Å². The van der Waals surface area contributed by atoms with Crippen LogP contribution in [0.3, 0.4) is 0 Å². The summed E-state index contributed by atoms with van der Waals surface area (Å²) in [5, 5.41) is 11.1. The summed E-state index contributed by atoms with van der Waals surface area (Å²) in [5.74, 6) is -4.92. The quantitative estimate of drug-likeness (QED) is 0.482. The summed E-state index contributed by atoms with van der Waals surface area (Å²) in [6.45, 7) is 14.1. The van der Waals surface area contributed by atoms with Crippen LogP contribution in [-0.4, -0.2) is 53.7 Å². The predicted molar refractivity (Wildman–Crippen MR) is 122 cm³/mol. The number of esters is 2. The number of benzene rings is 1. The van der Waals surface area contributed by atoms with Gasteiger partial charge in [-0.05, 0) is 66.2 Å². The molecule has 0 bridgehead atoms. The van der Waals surface area contributed by atoms with Crippen LogP contribution < -0.4 is 4.90 Å². The largest absolute Gasteiger partial charge is 0.463 e. The topological polar surface area (TPSA) is 93.1 Å². The van der Waals surface area contributed by atoms with Gasteiger partial charge in [0.05, 0.1) is 23.7 Å². The Morgan fingerprint density at radius 3 is 2.00 bits per heavy atom. The maximum Gasteiger partial charge on any atom is 0.317 e.